The van der Waals surface area contributed by atoms with Crippen molar-refractivity contribution >= 4 is 70.8 Å². The highest BCUT2D eigenvalue weighted by Gasteiger charge is 2.56. The van der Waals surface area contributed by atoms with Crippen LogP contribution in [-0.4, -0.2) is 134 Å². The Kier molecular flexibility index (Phi) is 18.1. The Balaban J connectivity index is 0.996. The molecule has 4 aliphatic heterocycles. The first kappa shape index (κ1) is 56.7. The van der Waals surface area contributed by atoms with Crippen LogP contribution in [0.3, 0.4) is 0 Å². The van der Waals surface area contributed by atoms with Crippen LogP contribution in [0, 0.1) is 10.8 Å². The van der Waals surface area contributed by atoms with Crippen LogP contribution in [0.25, 0.3) is 0 Å². The molecule has 0 bridgehead atoms. The Morgan fingerprint density at radius 2 is 1.04 bits per heavy atom. The maximum Gasteiger partial charge on any atom is 0.267 e. The molecule has 75 heavy (non-hydrogen) atoms. The number of fused-ring (bicyclic) bond motifs is 2. The Hall–Kier alpha value is -6.00. The number of carbonyl (C=O) groups excluding carboxylic acids is 8. The molecule has 4 heterocycles. The fourth-order valence-electron chi connectivity index (χ4n) is 10.2. The van der Waals surface area contributed by atoms with Crippen LogP contribution < -0.4 is 42.5 Å². The molecular formula is C54H72N10O9S2. The molecule has 0 radical (unpaired) electrons. The summed E-state index contributed by atoms with van der Waals surface area (Å²) in [6.07, 6.45) is 1.79. The quantitative estimate of drug-likeness (QED) is 0.0831. The minimum Gasteiger partial charge on any atom is -0.368 e. The van der Waals surface area contributed by atoms with Crippen LogP contribution in [0.1, 0.15) is 102 Å². The van der Waals surface area contributed by atoms with Crippen LogP contribution in [0.4, 0.5) is 0 Å². The average Bonchev–Trinajstić information content (AvgIpc) is 3.71. The first-order chi connectivity index (χ1) is 35.6. The fourth-order valence-corrected chi connectivity index (χ4v) is 13.4. The molecular weight excluding hydrogens is 997 g/mol. The second-order valence-corrected chi connectivity index (χ2v) is 23.9. The van der Waals surface area contributed by atoms with Crippen LogP contribution in [0.5, 0.6) is 0 Å². The minimum atomic E-state index is -1.91. The van der Waals surface area contributed by atoms with Gasteiger partial charge in [0.2, 0.25) is 41.4 Å². The number of thioether (sulfide) groups is 2. The van der Waals surface area contributed by atoms with Gasteiger partial charge >= 0.3 is 0 Å². The summed E-state index contributed by atoms with van der Waals surface area (Å²) in [5.41, 5.74) is -0.699. The van der Waals surface area contributed by atoms with E-state index in [4.69, 9.17) is 0 Å². The van der Waals surface area contributed by atoms with Crippen molar-refractivity contribution in [2.45, 2.75) is 139 Å². The molecule has 8 amide bonds. The maximum atomic E-state index is 14.5. The number of hydrogen-bond acceptors (Lipinski definition) is 13. The maximum absolute atomic E-state index is 14.5. The lowest BCUT2D eigenvalue weighted by Gasteiger charge is -2.35. The highest BCUT2D eigenvalue weighted by atomic mass is 32.2. The van der Waals surface area contributed by atoms with Crippen molar-refractivity contribution in [1.29, 1.82) is 0 Å². The zero-order chi connectivity index (χ0) is 54.4. The topological polar surface area (TPSA) is 260 Å². The first-order valence-corrected chi connectivity index (χ1v) is 27.6. The summed E-state index contributed by atoms with van der Waals surface area (Å²) >= 11 is 3.12. The van der Waals surface area contributed by atoms with Gasteiger partial charge in [0, 0.05) is 13.1 Å². The van der Waals surface area contributed by atoms with Crippen molar-refractivity contribution in [3.05, 3.63) is 107 Å². The summed E-state index contributed by atoms with van der Waals surface area (Å²) in [6.45, 7) is 10.9. The molecule has 4 saturated heterocycles. The standard InChI is InChI=1S/C54H72N10O9S2/c1-31(55-7)44(65)59-36-23-25-74-38-27-52(2,3)42(63(38)49(36)70)47(68)61-40(34-15-11-9-12-16-34)45(66)57-29-32-19-21-33(22-20-32)30-58-46(67)41(35-17-13-10-14-18-35)62-48(69)43-53(4,5)28-39-64(43)50(71)37(24-26-75-39)60-51(72)54(6,73)56-8/h9-22,31,36-43,55-56,73H,23-30H2,1-8H3,(H,57,66)(H,58,67)(H,59,65)(H,60,72)(H,61,68)(H,62,69)/t31-,36-,37-,38-,39-,40?,41-,42+,43+,54?/m0/s1. The molecule has 0 saturated carbocycles. The predicted molar refractivity (Wildman–Crippen MR) is 287 cm³/mol. The van der Waals surface area contributed by atoms with E-state index in [1.807, 2.05) is 58.0 Å². The van der Waals surface area contributed by atoms with E-state index in [1.165, 1.54) is 30.6 Å². The normalized spacial score (nSPS) is 24.9. The Morgan fingerprint density at radius 1 is 0.640 bits per heavy atom. The molecule has 404 valence electrons. The predicted octanol–water partition coefficient (Wildman–Crippen LogP) is 2.32. The lowest BCUT2D eigenvalue weighted by molar-refractivity contribution is -0.148. The smallest absolute Gasteiger partial charge is 0.267 e. The van der Waals surface area contributed by atoms with Crippen molar-refractivity contribution in [3.8, 4) is 0 Å². The molecule has 10 atom stereocenters. The summed E-state index contributed by atoms with van der Waals surface area (Å²) in [5, 5.41) is 32.7. The number of benzene rings is 3. The monoisotopic (exact) mass is 1070 g/mol. The molecule has 2 unspecified atom stereocenters. The van der Waals surface area contributed by atoms with Crippen molar-refractivity contribution in [3.63, 3.8) is 0 Å². The van der Waals surface area contributed by atoms with Crippen LogP contribution in [0.15, 0.2) is 84.9 Å². The third-order valence-electron chi connectivity index (χ3n) is 14.8. The highest BCUT2D eigenvalue weighted by Crippen LogP contribution is 2.48. The molecule has 9 N–H and O–H groups in total. The SMILES string of the molecule is CN[C@@H](C)C(=O)N[C@H]1CCS[C@H]2CC(C)(C)[C@@H](C(=O)NC(C(=O)NCc3ccc(CNC(=O)[C@@H](NC(=O)[C@H]4N5C(=O)[C@@H](NC(=O)C(C)(O)NC)CCS[C@H]5CC4(C)C)c4ccccc4)cc3)c3ccccc3)N2C1=O. The number of aliphatic hydroxyl groups is 1. The van der Waals surface area contributed by atoms with Gasteiger partial charge in [-0.2, -0.15) is 0 Å². The van der Waals surface area contributed by atoms with Gasteiger partial charge in [0.1, 0.15) is 36.3 Å². The first-order valence-electron chi connectivity index (χ1n) is 25.5. The van der Waals surface area contributed by atoms with E-state index in [-0.39, 0.29) is 35.7 Å². The third-order valence-corrected chi connectivity index (χ3v) is 17.3. The number of hydrogen-bond donors (Lipinski definition) is 9. The van der Waals surface area contributed by atoms with Crippen molar-refractivity contribution in [2.24, 2.45) is 10.8 Å². The Morgan fingerprint density at radius 3 is 1.43 bits per heavy atom. The molecule has 0 spiro atoms. The fraction of sp³-hybridized carbons (Fsp3) is 0.519. The summed E-state index contributed by atoms with van der Waals surface area (Å²) in [6, 6.07) is 18.5. The van der Waals surface area contributed by atoms with E-state index >= 15 is 0 Å². The van der Waals surface area contributed by atoms with E-state index in [1.54, 1.807) is 85.2 Å². The lowest BCUT2D eigenvalue weighted by atomic mass is 9.83. The lowest BCUT2D eigenvalue weighted by Crippen LogP contribution is -2.61. The molecule has 4 aliphatic rings. The van der Waals surface area contributed by atoms with E-state index in [9.17, 15) is 43.5 Å². The molecule has 0 aromatic heterocycles. The van der Waals surface area contributed by atoms with Gasteiger partial charge in [0.15, 0.2) is 5.72 Å². The van der Waals surface area contributed by atoms with Gasteiger partial charge in [-0.25, -0.2) is 0 Å². The molecule has 19 nitrogen and oxygen atoms in total. The Labute approximate surface area is 447 Å². The highest BCUT2D eigenvalue weighted by molar-refractivity contribution is 8.00. The largest absolute Gasteiger partial charge is 0.368 e. The van der Waals surface area contributed by atoms with Crippen molar-refractivity contribution in [2.75, 3.05) is 25.6 Å². The second-order valence-electron chi connectivity index (χ2n) is 21.3. The molecule has 3 aromatic rings. The van der Waals surface area contributed by atoms with Crippen LogP contribution in [-0.2, 0) is 51.4 Å². The number of likely N-dealkylation sites (N-methyl/N-ethyl adjacent to an activating group) is 2. The van der Waals surface area contributed by atoms with Gasteiger partial charge in [-0.1, -0.05) is 113 Å². The van der Waals surface area contributed by atoms with Gasteiger partial charge in [-0.15, -0.1) is 23.5 Å². The van der Waals surface area contributed by atoms with Crippen LogP contribution in [0.2, 0.25) is 0 Å². The van der Waals surface area contributed by atoms with Gasteiger partial charge in [-0.3, -0.25) is 43.7 Å². The van der Waals surface area contributed by atoms with Gasteiger partial charge in [-0.05, 0) is 98.2 Å². The number of nitrogens with one attached hydrogen (secondary N) is 8. The summed E-state index contributed by atoms with van der Waals surface area (Å²) in [5.74, 6) is -2.62. The van der Waals surface area contributed by atoms with Crippen LogP contribution >= 0.6 is 23.5 Å². The minimum absolute atomic E-state index is 0.0986. The van der Waals surface area contributed by atoms with Gasteiger partial charge in [0.25, 0.3) is 5.91 Å². The number of rotatable bonds is 18. The zero-order valence-electron chi connectivity index (χ0n) is 43.9. The number of nitrogens with zero attached hydrogens (tertiary/aromatic N) is 2. The Bertz CT molecular complexity index is 2590. The number of amides is 8. The third kappa shape index (κ3) is 13.0. The van der Waals surface area contributed by atoms with E-state index in [0.29, 0.717) is 48.3 Å². The molecule has 3 aromatic carbocycles. The summed E-state index contributed by atoms with van der Waals surface area (Å²) in [4.78, 5) is 115. The molecule has 0 aliphatic carbocycles. The molecule has 4 fully saturated rings. The average molecular weight is 1070 g/mol. The van der Waals surface area contributed by atoms with Crippen molar-refractivity contribution < 1.29 is 43.5 Å². The van der Waals surface area contributed by atoms with Gasteiger partial charge in [0.05, 0.1) is 16.8 Å². The van der Waals surface area contributed by atoms with E-state index in [2.05, 4.69) is 42.5 Å². The van der Waals surface area contributed by atoms with E-state index < -0.39 is 94.3 Å². The second kappa shape index (κ2) is 23.9. The summed E-state index contributed by atoms with van der Waals surface area (Å²) < 4.78 is 0. The molecule has 7 rings (SSSR count). The molecule has 21 heteroatoms. The summed E-state index contributed by atoms with van der Waals surface area (Å²) in [7, 11) is 3.09. The number of carbonyl (C=O) groups is 8. The van der Waals surface area contributed by atoms with Gasteiger partial charge < -0.3 is 52.1 Å². The van der Waals surface area contributed by atoms with E-state index in [0.717, 1.165) is 11.1 Å². The zero-order valence-corrected chi connectivity index (χ0v) is 45.5. The van der Waals surface area contributed by atoms with Crippen molar-refractivity contribution in [1.82, 2.24) is 52.3 Å².